The van der Waals surface area contributed by atoms with Gasteiger partial charge in [-0.3, -0.25) is 4.79 Å². The van der Waals surface area contributed by atoms with E-state index in [-0.39, 0.29) is 24.2 Å². The molecule has 2 atom stereocenters. The van der Waals surface area contributed by atoms with Gasteiger partial charge in [0.25, 0.3) is 0 Å². The van der Waals surface area contributed by atoms with E-state index in [2.05, 4.69) is 20.6 Å². The molecule has 2 heterocycles. The number of aromatic nitrogens is 2. The molecule has 1 saturated heterocycles. The second-order valence-corrected chi connectivity index (χ2v) is 12.4. The maximum absolute atomic E-state index is 13.4. The quantitative estimate of drug-likeness (QED) is 0.227. The number of amides is 1. The lowest BCUT2D eigenvalue weighted by atomic mass is 10.1. The molecule has 0 spiro atoms. The topological polar surface area (TPSA) is 102 Å². The molecule has 1 aliphatic rings. The van der Waals surface area contributed by atoms with Gasteiger partial charge in [0.2, 0.25) is 5.91 Å². The first-order chi connectivity index (χ1) is 18.9. The Bertz CT molecular complexity index is 1560. The summed E-state index contributed by atoms with van der Waals surface area (Å²) in [5.74, 6) is 1.40. The molecule has 2 N–H and O–H groups in total. The summed E-state index contributed by atoms with van der Waals surface area (Å²) < 4.78 is 36.7. The van der Waals surface area contributed by atoms with Gasteiger partial charge in [-0.05, 0) is 48.9 Å². The Kier molecular flexibility index (Phi) is 8.49. The number of carbonyl (C=O) groups excluding carboxylic acids is 1. The van der Waals surface area contributed by atoms with Crippen LogP contribution < -0.4 is 20.1 Å². The van der Waals surface area contributed by atoms with E-state index >= 15 is 0 Å². The fourth-order valence-corrected chi connectivity index (χ4v) is 7.37. The molecule has 1 fully saturated rings. The van der Waals surface area contributed by atoms with Crippen LogP contribution in [0.1, 0.15) is 12.5 Å². The van der Waals surface area contributed by atoms with Crippen LogP contribution in [0.5, 0.6) is 11.5 Å². The minimum atomic E-state index is -1.05. The average molecular weight is 587 g/mol. The van der Waals surface area contributed by atoms with Crippen molar-refractivity contribution in [3.63, 3.8) is 0 Å². The first-order valence-corrected chi connectivity index (χ1v) is 15.3. The first kappa shape index (κ1) is 27.2. The number of carbonyl (C=O) groups is 1. The zero-order valence-corrected chi connectivity index (χ0v) is 23.2. The maximum Gasteiger partial charge on any atom is 0.229 e. The minimum absolute atomic E-state index is 0.174. The highest BCUT2D eigenvalue weighted by molar-refractivity contribution is 8.69. The summed E-state index contributed by atoms with van der Waals surface area (Å²) in [5.41, 5.74) is 2.44. The van der Waals surface area contributed by atoms with Crippen LogP contribution in [0.2, 0.25) is 5.02 Å². The Labute approximate surface area is 235 Å². The Hall–Kier alpha value is -3.41. The lowest BCUT2D eigenvalue weighted by Gasteiger charge is -2.16. The van der Waals surface area contributed by atoms with Gasteiger partial charge in [0.05, 0.1) is 38.6 Å². The second-order valence-electron chi connectivity index (χ2n) is 8.65. The Morgan fingerprint density at radius 1 is 1.15 bits per heavy atom. The van der Waals surface area contributed by atoms with Crippen LogP contribution in [-0.2, 0) is 21.2 Å². The van der Waals surface area contributed by atoms with E-state index in [1.807, 2.05) is 6.92 Å². The summed E-state index contributed by atoms with van der Waals surface area (Å²) in [4.78, 5) is 21.6. The van der Waals surface area contributed by atoms with Crippen LogP contribution in [0.3, 0.4) is 0 Å². The van der Waals surface area contributed by atoms with Gasteiger partial charge in [0.1, 0.15) is 36.1 Å². The fourth-order valence-electron chi connectivity index (χ4n) is 3.98. The number of benzene rings is 3. The number of nitrogens with zero attached hydrogens (tertiary/aromatic N) is 2. The molecule has 1 aliphatic heterocycles. The SMILES string of the molecule is CCOc1cc2ncnc(Nc3ccc(OCc4cccc(F)c4)c(Cl)c3)c2cc1NC(=O)C1CSS(=O)C1. The van der Waals surface area contributed by atoms with Crippen LogP contribution in [0.25, 0.3) is 10.9 Å². The Morgan fingerprint density at radius 3 is 2.77 bits per heavy atom. The summed E-state index contributed by atoms with van der Waals surface area (Å²) in [5, 5.41) is 7.21. The molecule has 0 saturated carbocycles. The smallest absolute Gasteiger partial charge is 0.229 e. The molecule has 12 heteroatoms. The third-order valence-corrected chi connectivity index (χ3v) is 9.26. The van der Waals surface area contributed by atoms with Crippen LogP contribution in [-0.4, -0.2) is 38.2 Å². The van der Waals surface area contributed by atoms with Crippen molar-refractivity contribution in [2.24, 2.45) is 5.92 Å². The van der Waals surface area contributed by atoms with Gasteiger partial charge in [0, 0.05) is 28.6 Å². The van der Waals surface area contributed by atoms with Gasteiger partial charge < -0.3 is 20.1 Å². The van der Waals surface area contributed by atoms with Crippen molar-refractivity contribution in [3.8, 4) is 11.5 Å². The number of anilines is 3. The van der Waals surface area contributed by atoms with Crippen molar-refractivity contribution in [2.45, 2.75) is 13.5 Å². The molecular formula is C27H24ClFN4O4S2. The predicted octanol–water partition coefficient (Wildman–Crippen LogP) is 6.11. The first-order valence-electron chi connectivity index (χ1n) is 12.1. The molecule has 202 valence electrons. The van der Waals surface area contributed by atoms with Gasteiger partial charge in [-0.25, -0.2) is 18.6 Å². The van der Waals surface area contributed by atoms with E-state index in [0.717, 1.165) is 0 Å². The van der Waals surface area contributed by atoms with Crippen LogP contribution >= 0.6 is 22.4 Å². The van der Waals surface area contributed by atoms with Crippen molar-refractivity contribution in [3.05, 3.63) is 77.3 Å². The number of hydrogen-bond donors (Lipinski definition) is 2. The lowest BCUT2D eigenvalue weighted by Crippen LogP contribution is -2.25. The fraction of sp³-hybridized carbons (Fsp3) is 0.222. The Balaban J connectivity index is 1.37. The molecule has 3 aromatic carbocycles. The molecule has 5 rings (SSSR count). The number of ether oxygens (including phenoxy) is 2. The number of halogens is 2. The molecule has 2 unspecified atom stereocenters. The highest BCUT2D eigenvalue weighted by Gasteiger charge is 2.29. The molecule has 1 amide bonds. The normalized spacial score (nSPS) is 16.7. The van der Waals surface area contributed by atoms with Gasteiger partial charge in [-0.2, -0.15) is 0 Å². The van der Waals surface area contributed by atoms with Gasteiger partial charge in [0.15, 0.2) is 0 Å². The van der Waals surface area contributed by atoms with Crippen LogP contribution in [0.15, 0.2) is 60.9 Å². The molecule has 1 aromatic heterocycles. The van der Waals surface area contributed by atoms with Crippen molar-refractivity contribution >= 4 is 66.2 Å². The standard InChI is InChI=1S/C27H24ClFN4O4S2/c1-2-36-25-11-22-20(10-23(25)33-27(34)17-13-38-39(35)14-17)26(31-15-30-22)32-19-6-7-24(21(28)9-19)37-12-16-4-3-5-18(29)8-16/h3-11,15,17H,2,12-14H2,1H3,(H,33,34)(H,30,31,32). The molecule has 0 radical (unpaired) electrons. The second kappa shape index (κ2) is 12.2. The van der Waals surface area contributed by atoms with E-state index in [1.54, 1.807) is 42.5 Å². The Morgan fingerprint density at radius 2 is 2.03 bits per heavy atom. The van der Waals surface area contributed by atoms with E-state index in [9.17, 15) is 13.4 Å². The zero-order valence-electron chi connectivity index (χ0n) is 20.8. The zero-order chi connectivity index (χ0) is 27.4. The predicted molar refractivity (Wildman–Crippen MR) is 154 cm³/mol. The van der Waals surface area contributed by atoms with Crippen LogP contribution in [0, 0.1) is 11.7 Å². The van der Waals surface area contributed by atoms with E-state index in [0.29, 0.717) is 68.3 Å². The molecule has 4 aromatic rings. The molecule has 0 bridgehead atoms. The largest absolute Gasteiger partial charge is 0.492 e. The van der Waals surface area contributed by atoms with Crippen molar-refractivity contribution in [2.75, 3.05) is 28.7 Å². The third kappa shape index (κ3) is 6.60. The maximum atomic E-state index is 13.4. The van der Waals surface area contributed by atoms with E-state index in [1.165, 1.54) is 29.3 Å². The average Bonchev–Trinajstić information content (AvgIpc) is 3.35. The number of hydrogen-bond acceptors (Lipinski definition) is 8. The van der Waals surface area contributed by atoms with E-state index in [4.69, 9.17) is 21.1 Å². The summed E-state index contributed by atoms with van der Waals surface area (Å²) in [6.45, 7) is 2.43. The minimum Gasteiger partial charge on any atom is -0.492 e. The summed E-state index contributed by atoms with van der Waals surface area (Å²) >= 11 is 6.46. The summed E-state index contributed by atoms with van der Waals surface area (Å²) in [6.07, 6.45) is 1.43. The molecular weight excluding hydrogens is 563 g/mol. The molecule has 8 nitrogen and oxygen atoms in total. The highest BCUT2D eigenvalue weighted by Crippen LogP contribution is 2.36. The van der Waals surface area contributed by atoms with Crippen molar-refractivity contribution in [1.82, 2.24) is 9.97 Å². The number of fused-ring (bicyclic) bond motifs is 1. The van der Waals surface area contributed by atoms with Crippen molar-refractivity contribution in [1.29, 1.82) is 0 Å². The third-order valence-electron chi connectivity index (χ3n) is 5.88. The van der Waals surface area contributed by atoms with Gasteiger partial charge >= 0.3 is 0 Å². The highest BCUT2D eigenvalue weighted by atomic mass is 35.5. The molecule has 39 heavy (non-hydrogen) atoms. The lowest BCUT2D eigenvalue weighted by molar-refractivity contribution is -0.118. The number of rotatable bonds is 9. The number of nitrogens with one attached hydrogen (secondary N) is 2. The van der Waals surface area contributed by atoms with E-state index < -0.39 is 9.83 Å². The summed E-state index contributed by atoms with van der Waals surface area (Å²) in [7, 11) is 0.240. The molecule has 0 aliphatic carbocycles. The monoisotopic (exact) mass is 586 g/mol. The summed E-state index contributed by atoms with van der Waals surface area (Å²) in [6, 6.07) is 14.9. The van der Waals surface area contributed by atoms with Gasteiger partial charge in [-0.1, -0.05) is 34.5 Å². The van der Waals surface area contributed by atoms with Crippen molar-refractivity contribution < 1.29 is 22.9 Å². The van der Waals surface area contributed by atoms with Gasteiger partial charge in [-0.15, -0.1) is 0 Å². The van der Waals surface area contributed by atoms with Crippen LogP contribution in [0.4, 0.5) is 21.6 Å².